The third-order valence-corrected chi connectivity index (χ3v) is 4.82. The summed E-state index contributed by atoms with van der Waals surface area (Å²) in [6.07, 6.45) is 2.50. The Morgan fingerprint density at radius 3 is 1.83 bits per heavy atom. The van der Waals surface area contributed by atoms with Gasteiger partial charge < -0.3 is 24.0 Å². The van der Waals surface area contributed by atoms with Crippen LogP contribution in [0.2, 0.25) is 0 Å². The second-order valence-corrected chi connectivity index (χ2v) is 6.88. The number of amides is 2. The van der Waals surface area contributed by atoms with Gasteiger partial charge in [-0.3, -0.25) is 9.59 Å². The van der Waals surface area contributed by atoms with Crippen molar-refractivity contribution in [2.45, 2.75) is 47.0 Å². The number of nitrogens with zero attached hydrogens (tertiary/aromatic N) is 2. The smallest absolute Gasteiger partial charge is 0.254 e. The molecule has 0 radical (unpaired) electrons. The summed E-state index contributed by atoms with van der Waals surface area (Å²) >= 11 is 0. The summed E-state index contributed by atoms with van der Waals surface area (Å²) in [6.45, 7) is 11.3. The maximum Gasteiger partial charge on any atom is 0.254 e. The second-order valence-electron chi connectivity index (χ2n) is 6.88. The Hall–Kier alpha value is -2.44. The molecule has 0 atom stereocenters. The summed E-state index contributed by atoms with van der Waals surface area (Å²) in [5.74, 6) is 1.64. The van der Waals surface area contributed by atoms with Crippen molar-refractivity contribution in [2.75, 3.05) is 46.0 Å². The van der Waals surface area contributed by atoms with Gasteiger partial charge in [-0.05, 0) is 39.3 Å². The molecule has 0 spiro atoms. The molecule has 162 valence electrons. The minimum absolute atomic E-state index is 0.0874. The number of hydrogen-bond acceptors (Lipinski definition) is 5. The normalized spacial score (nSPS) is 13.9. The van der Waals surface area contributed by atoms with E-state index in [-0.39, 0.29) is 11.8 Å². The van der Waals surface area contributed by atoms with E-state index in [0.29, 0.717) is 75.2 Å². The average Bonchev–Trinajstić information content (AvgIpc) is 2.74. The van der Waals surface area contributed by atoms with Crippen molar-refractivity contribution >= 4 is 11.8 Å². The van der Waals surface area contributed by atoms with Gasteiger partial charge in [-0.1, -0.05) is 13.3 Å². The summed E-state index contributed by atoms with van der Waals surface area (Å²) in [4.78, 5) is 29.0. The van der Waals surface area contributed by atoms with Gasteiger partial charge in [-0.2, -0.15) is 0 Å². The van der Waals surface area contributed by atoms with Crippen LogP contribution in [-0.4, -0.2) is 67.6 Å². The summed E-state index contributed by atoms with van der Waals surface area (Å²) in [6, 6.07) is 3.44. The van der Waals surface area contributed by atoms with E-state index in [0.717, 1.165) is 12.8 Å². The largest absolute Gasteiger partial charge is 0.490 e. The van der Waals surface area contributed by atoms with E-state index in [1.54, 1.807) is 17.0 Å². The molecule has 0 aromatic heterocycles. The molecule has 7 nitrogen and oxygen atoms in total. The van der Waals surface area contributed by atoms with E-state index < -0.39 is 0 Å². The van der Waals surface area contributed by atoms with Gasteiger partial charge in [-0.25, -0.2) is 0 Å². The third kappa shape index (κ3) is 6.02. The standard InChI is InChI=1S/C22H34N2O5/c1-5-9-10-20(25)23-11-13-24(14-12-23)22(26)17-15-18(27-6-2)21(29-8-4)19(16-17)28-7-3/h15-16H,5-14H2,1-4H3. The molecule has 0 unspecified atom stereocenters. The van der Waals surface area contributed by atoms with Crippen LogP contribution >= 0.6 is 0 Å². The first-order valence-corrected chi connectivity index (χ1v) is 10.7. The fourth-order valence-electron chi connectivity index (χ4n) is 3.34. The number of unbranched alkanes of at least 4 members (excludes halogenated alkanes) is 1. The molecule has 1 heterocycles. The van der Waals surface area contributed by atoms with Crippen molar-refractivity contribution in [3.8, 4) is 17.2 Å². The number of rotatable bonds is 10. The zero-order chi connectivity index (χ0) is 21.2. The van der Waals surface area contributed by atoms with Crippen LogP contribution in [0.1, 0.15) is 57.3 Å². The molecule has 1 saturated heterocycles. The van der Waals surface area contributed by atoms with Gasteiger partial charge in [0.25, 0.3) is 5.91 Å². The molecule has 0 bridgehead atoms. The molecule has 1 aromatic rings. The first-order valence-electron chi connectivity index (χ1n) is 10.7. The van der Waals surface area contributed by atoms with Gasteiger partial charge >= 0.3 is 0 Å². The highest BCUT2D eigenvalue weighted by molar-refractivity contribution is 5.96. The van der Waals surface area contributed by atoms with Crippen molar-refractivity contribution in [1.29, 1.82) is 0 Å². The molecule has 1 aliphatic rings. The van der Waals surface area contributed by atoms with Crippen LogP contribution in [-0.2, 0) is 4.79 Å². The zero-order valence-corrected chi connectivity index (χ0v) is 18.2. The second kappa shape index (κ2) is 11.5. The third-order valence-electron chi connectivity index (χ3n) is 4.82. The molecule has 0 saturated carbocycles. The molecular weight excluding hydrogens is 372 g/mol. The van der Waals surface area contributed by atoms with Gasteiger partial charge in [0.2, 0.25) is 11.7 Å². The summed E-state index contributed by atoms with van der Waals surface area (Å²) in [5, 5.41) is 0. The van der Waals surface area contributed by atoms with Gasteiger partial charge in [0.05, 0.1) is 19.8 Å². The molecular formula is C22H34N2O5. The maximum atomic E-state index is 13.1. The molecule has 1 aliphatic heterocycles. The topological polar surface area (TPSA) is 68.3 Å². The van der Waals surface area contributed by atoms with Crippen molar-refractivity contribution in [2.24, 2.45) is 0 Å². The number of carbonyl (C=O) groups is 2. The van der Waals surface area contributed by atoms with E-state index in [2.05, 4.69) is 6.92 Å². The van der Waals surface area contributed by atoms with Gasteiger partial charge in [-0.15, -0.1) is 0 Å². The lowest BCUT2D eigenvalue weighted by atomic mass is 10.1. The van der Waals surface area contributed by atoms with Crippen molar-refractivity contribution < 1.29 is 23.8 Å². The molecule has 0 N–H and O–H groups in total. The molecule has 7 heteroatoms. The minimum Gasteiger partial charge on any atom is -0.490 e. The number of ether oxygens (including phenoxy) is 3. The monoisotopic (exact) mass is 406 g/mol. The van der Waals surface area contributed by atoms with E-state index in [1.807, 2.05) is 25.7 Å². The molecule has 2 rings (SSSR count). The molecule has 0 aliphatic carbocycles. The fraction of sp³-hybridized carbons (Fsp3) is 0.636. The van der Waals surface area contributed by atoms with Gasteiger partial charge in [0, 0.05) is 38.2 Å². The average molecular weight is 407 g/mol. The highest BCUT2D eigenvalue weighted by Gasteiger charge is 2.26. The minimum atomic E-state index is -0.0874. The Bertz CT molecular complexity index is 657. The lowest BCUT2D eigenvalue weighted by molar-refractivity contribution is -0.132. The fourth-order valence-corrected chi connectivity index (χ4v) is 3.34. The van der Waals surface area contributed by atoms with Gasteiger partial charge in [0.15, 0.2) is 11.5 Å². The number of hydrogen-bond donors (Lipinski definition) is 0. The van der Waals surface area contributed by atoms with Crippen LogP contribution in [0, 0.1) is 0 Å². The number of piperazine rings is 1. The predicted octanol–water partition coefficient (Wildman–Crippen LogP) is 3.36. The Balaban J connectivity index is 2.15. The van der Waals surface area contributed by atoms with Crippen molar-refractivity contribution in [3.63, 3.8) is 0 Å². The SMILES string of the molecule is CCCCC(=O)N1CCN(C(=O)c2cc(OCC)c(OCC)c(OCC)c2)CC1. The van der Waals surface area contributed by atoms with Crippen molar-refractivity contribution in [3.05, 3.63) is 17.7 Å². The molecule has 1 aromatic carbocycles. The first kappa shape index (κ1) is 22.8. The highest BCUT2D eigenvalue weighted by atomic mass is 16.5. The lowest BCUT2D eigenvalue weighted by Crippen LogP contribution is -2.50. The van der Waals surface area contributed by atoms with E-state index in [9.17, 15) is 9.59 Å². The molecule has 29 heavy (non-hydrogen) atoms. The molecule has 1 fully saturated rings. The zero-order valence-electron chi connectivity index (χ0n) is 18.2. The van der Waals surface area contributed by atoms with E-state index in [4.69, 9.17) is 14.2 Å². The van der Waals surface area contributed by atoms with E-state index in [1.165, 1.54) is 0 Å². The Labute approximate surface area is 173 Å². The van der Waals surface area contributed by atoms with E-state index >= 15 is 0 Å². The van der Waals surface area contributed by atoms with Crippen molar-refractivity contribution in [1.82, 2.24) is 9.80 Å². The lowest BCUT2D eigenvalue weighted by Gasteiger charge is -2.35. The quantitative estimate of drug-likeness (QED) is 0.596. The summed E-state index contributed by atoms with van der Waals surface area (Å²) in [5.41, 5.74) is 0.506. The molecule has 2 amide bonds. The van der Waals surface area contributed by atoms with Gasteiger partial charge in [0.1, 0.15) is 0 Å². The van der Waals surface area contributed by atoms with Crippen LogP contribution in [0.4, 0.5) is 0 Å². The van der Waals surface area contributed by atoms with Crippen LogP contribution in [0.15, 0.2) is 12.1 Å². The number of benzene rings is 1. The first-order chi connectivity index (χ1) is 14.0. The highest BCUT2D eigenvalue weighted by Crippen LogP contribution is 2.39. The Morgan fingerprint density at radius 2 is 1.34 bits per heavy atom. The van der Waals surface area contributed by atoms with Crippen LogP contribution < -0.4 is 14.2 Å². The summed E-state index contributed by atoms with van der Waals surface area (Å²) in [7, 11) is 0. The summed E-state index contributed by atoms with van der Waals surface area (Å²) < 4.78 is 17.1. The number of carbonyl (C=O) groups excluding carboxylic acids is 2. The Kier molecular flexibility index (Phi) is 9.09. The van der Waals surface area contributed by atoms with Crippen LogP contribution in [0.25, 0.3) is 0 Å². The predicted molar refractivity (Wildman–Crippen MR) is 112 cm³/mol. The van der Waals surface area contributed by atoms with Crippen LogP contribution in [0.3, 0.4) is 0 Å². The maximum absolute atomic E-state index is 13.1. The Morgan fingerprint density at radius 1 is 0.828 bits per heavy atom. The van der Waals surface area contributed by atoms with Crippen LogP contribution in [0.5, 0.6) is 17.2 Å².